The fraction of sp³-hybridized carbons (Fsp3) is 0.625. The van der Waals surface area contributed by atoms with Crippen LogP contribution in [-0.2, 0) is 0 Å². The van der Waals surface area contributed by atoms with Gasteiger partial charge in [0.2, 0.25) is 0 Å². The van der Waals surface area contributed by atoms with Crippen LogP contribution in [0.2, 0.25) is 0 Å². The Kier molecular flexibility index (Phi) is 5.23. The van der Waals surface area contributed by atoms with Gasteiger partial charge in [-0.1, -0.05) is 18.2 Å². The van der Waals surface area contributed by atoms with Crippen LogP contribution in [0.1, 0.15) is 32.6 Å². The Hall–Kier alpha value is -1.06. The topological polar surface area (TPSA) is 32.7 Å². The highest BCUT2D eigenvalue weighted by atomic mass is 16.5. The molecule has 0 spiro atoms. The van der Waals surface area contributed by atoms with Crippen molar-refractivity contribution in [2.75, 3.05) is 26.2 Å². The highest BCUT2D eigenvalue weighted by Crippen LogP contribution is 2.21. The van der Waals surface area contributed by atoms with E-state index in [2.05, 4.69) is 4.90 Å². The Morgan fingerprint density at radius 1 is 1.21 bits per heavy atom. The molecule has 0 saturated carbocycles. The van der Waals surface area contributed by atoms with Crippen molar-refractivity contribution >= 4 is 0 Å². The van der Waals surface area contributed by atoms with Gasteiger partial charge in [0, 0.05) is 13.1 Å². The molecule has 0 aliphatic carbocycles. The number of para-hydroxylation sites is 1. The predicted molar refractivity (Wildman–Crippen MR) is 77.5 cm³/mol. The molecule has 1 atom stereocenters. The molecule has 2 rings (SSSR count). The van der Waals surface area contributed by atoms with Crippen LogP contribution >= 0.6 is 0 Å². The van der Waals surface area contributed by atoms with Gasteiger partial charge in [0.1, 0.15) is 5.75 Å². The molecule has 19 heavy (non-hydrogen) atoms. The summed E-state index contributed by atoms with van der Waals surface area (Å²) in [6.07, 6.45) is 3.93. The Bertz CT molecular complexity index is 364. The van der Waals surface area contributed by atoms with E-state index >= 15 is 0 Å². The molecule has 1 fully saturated rings. The van der Waals surface area contributed by atoms with Crippen LogP contribution in [0.25, 0.3) is 0 Å². The fourth-order valence-corrected chi connectivity index (χ4v) is 2.54. The van der Waals surface area contributed by atoms with Gasteiger partial charge in [-0.05, 0) is 51.3 Å². The molecule has 1 aromatic carbocycles. The van der Waals surface area contributed by atoms with Crippen LogP contribution < -0.4 is 4.74 Å². The van der Waals surface area contributed by atoms with Crippen molar-refractivity contribution in [2.45, 2.75) is 38.2 Å². The van der Waals surface area contributed by atoms with Crippen molar-refractivity contribution in [1.82, 2.24) is 4.90 Å². The molecular weight excluding hydrogens is 238 g/mol. The molecule has 1 aliphatic rings. The Labute approximate surface area is 116 Å². The van der Waals surface area contributed by atoms with Gasteiger partial charge in [0.15, 0.2) is 0 Å². The summed E-state index contributed by atoms with van der Waals surface area (Å²) in [4.78, 5) is 2.44. The van der Waals surface area contributed by atoms with Gasteiger partial charge in [0.05, 0.1) is 12.2 Å². The predicted octanol–water partition coefficient (Wildman–Crippen LogP) is 2.69. The van der Waals surface area contributed by atoms with E-state index in [0.717, 1.165) is 57.7 Å². The quantitative estimate of drug-likeness (QED) is 0.829. The third kappa shape index (κ3) is 5.21. The van der Waals surface area contributed by atoms with Gasteiger partial charge in [-0.3, -0.25) is 0 Å². The third-order valence-corrected chi connectivity index (χ3v) is 3.79. The van der Waals surface area contributed by atoms with E-state index in [1.807, 2.05) is 37.3 Å². The standard InChI is InChI=1S/C16H25NO2/c1-16(18)9-5-11-17(13-10-16)12-6-14-19-15-7-3-2-4-8-15/h2-4,7-8,18H,5-6,9-14H2,1H3. The van der Waals surface area contributed by atoms with Gasteiger partial charge in [-0.25, -0.2) is 0 Å². The Morgan fingerprint density at radius 3 is 2.79 bits per heavy atom. The van der Waals surface area contributed by atoms with Crippen LogP contribution in [0.3, 0.4) is 0 Å². The number of rotatable bonds is 5. The lowest BCUT2D eigenvalue weighted by Crippen LogP contribution is -2.29. The first-order valence-corrected chi connectivity index (χ1v) is 7.28. The van der Waals surface area contributed by atoms with Crippen LogP contribution in [-0.4, -0.2) is 41.8 Å². The van der Waals surface area contributed by atoms with Crippen LogP contribution in [0.15, 0.2) is 30.3 Å². The molecule has 1 unspecified atom stereocenters. The van der Waals surface area contributed by atoms with Gasteiger partial charge in [-0.15, -0.1) is 0 Å². The largest absolute Gasteiger partial charge is 0.494 e. The van der Waals surface area contributed by atoms with Gasteiger partial charge in [0.25, 0.3) is 0 Å². The second-order valence-corrected chi connectivity index (χ2v) is 5.71. The van der Waals surface area contributed by atoms with E-state index in [4.69, 9.17) is 4.74 Å². The first-order chi connectivity index (χ1) is 9.16. The zero-order chi connectivity index (χ0) is 13.6. The van der Waals surface area contributed by atoms with Crippen molar-refractivity contribution in [3.8, 4) is 5.75 Å². The van der Waals surface area contributed by atoms with E-state index < -0.39 is 5.60 Å². The van der Waals surface area contributed by atoms with E-state index in [9.17, 15) is 5.11 Å². The summed E-state index contributed by atoms with van der Waals surface area (Å²) < 4.78 is 5.69. The van der Waals surface area contributed by atoms with Gasteiger partial charge < -0.3 is 14.7 Å². The first-order valence-electron chi connectivity index (χ1n) is 7.28. The number of aliphatic hydroxyl groups is 1. The molecule has 1 saturated heterocycles. The van der Waals surface area contributed by atoms with Crippen molar-refractivity contribution < 1.29 is 9.84 Å². The summed E-state index contributed by atoms with van der Waals surface area (Å²) in [5, 5.41) is 10.0. The normalized spacial score (nSPS) is 24.9. The summed E-state index contributed by atoms with van der Waals surface area (Å²) in [7, 11) is 0. The number of benzene rings is 1. The van der Waals surface area contributed by atoms with E-state index in [-0.39, 0.29) is 0 Å². The molecule has 0 aromatic heterocycles. The number of ether oxygens (including phenoxy) is 1. The summed E-state index contributed by atoms with van der Waals surface area (Å²) in [5.41, 5.74) is -0.463. The molecule has 1 heterocycles. The molecule has 1 aliphatic heterocycles. The molecule has 3 nitrogen and oxygen atoms in total. The average molecular weight is 263 g/mol. The van der Waals surface area contributed by atoms with E-state index in [1.54, 1.807) is 0 Å². The summed E-state index contributed by atoms with van der Waals surface area (Å²) >= 11 is 0. The average Bonchev–Trinajstić information content (AvgIpc) is 2.57. The van der Waals surface area contributed by atoms with Crippen LogP contribution in [0, 0.1) is 0 Å². The lowest BCUT2D eigenvalue weighted by atomic mass is 9.98. The maximum Gasteiger partial charge on any atom is 0.119 e. The maximum atomic E-state index is 10.0. The zero-order valence-corrected chi connectivity index (χ0v) is 11.8. The minimum atomic E-state index is -0.463. The smallest absolute Gasteiger partial charge is 0.119 e. The monoisotopic (exact) mass is 263 g/mol. The van der Waals surface area contributed by atoms with Crippen molar-refractivity contribution in [3.63, 3.8) is 0 Å². The number of hydrogen-bond donors (Lipinski definition) is 1. The van der Waals surface area contributed by atoms with Crippen LogP contribution in [0.5, 0.6) is 5.75 Å². The summed E-state index contributed by atoms with van der Waals surface area (Å²) in [6.45, 7) is 5.87. The van der Waals surface area contributed by atoms with E-state index in [1.165, 1.54) is 0 Å². The Morgan fingerprint density at radius 2 is 2.00 bits per heavy atom. The number of nitrogens with zero attached hydrogens (tertiary/aromatic N) is 1. The SMILES string of the molecule is CC1(O)CCCN(CCCOc2ccccc2)CC1. The fourth-order valence-electron chi connectivity index (χ4n) is 2.54. The number of hydrogen-bond acceptors (Lipinski definition) is 3. The zero-order valence-electron chi connectivity index (χ0n) is 11.8. The van der Waals surface area contributed by atoms with Crippen molar-refractivity contribution in [1.29, 1.82) is 0 Å². The molecule has 1 N–H and O–H groups in total. The van der Waals surface area contributed by atoms with Crippen molar-refractivity contribution in [3.05, 3.63) is 30.3 Å². The molecule has 0 radical (unpaired) electrons. The maximum absolute atomic E-state index is 10.0. The molecule has 0 bridgehead atoms. The minimum Gasteiger partial charge on any atom is -0.494 e. The van der Waals surface area contributed by atoms with Gasteiger partial charge in [-0.2, -0.15) is 0 Å². The molecule has 0 amide bonds. The lowest BCUT2D eigenvalue weighted by molar-refractivity contribution is 0.0445. The molecule has 3 heteroatoms. The molecular formula is C16H25NO2. The second-order valence-electron chi connectivity index (χ2n) is 5.71. The van der Waals surface area contributed by atoms with E-state index in [0.29, 0.717) is 0 Å². The third-order valence-electron chi connectivity index (χ3n) is 3.79. The van der Waals surface area contributed by atoms with Crippen molar-refractivity contribution in [2.24, 2.45) is 0 Å². The second kappa shape index (κ2) is 6.92. The molecule has 1 aromatic rings. The highest BCUT2D eigenvalue weighted by molar-refractivity contribution is 5.20. The summed E-state index contributed by atoms with van der Waals surface area (Å²) in [5.74, 6) is 0.946. The number of likely N-dealkylation sites (tertiary alicyclic amines) is 1. The van der Waals surface area contributed by atoms with Gasteiger partial charge >= 0.3 is 0 Å². The van der Waals surface area contributed by atoms with Crippen LogP contribution in [0.4, 0.5) is 0 Å². The first kappa shape index (κ1) is 14.4. The highest BCUT2D eigenvalue weighted by Gasteiger charge is 2.24. The molecule has 106 valence electrons. The minimum absolute atomic E-state index is 0.463. The summed E-state index contributed by atoms with van der Waals surface area (Å²) in [6, 6.07) is 9.96. The Balaban J connectivity index is 1.63. The lowest BCUT2D eigenvalue weighted by Gasteiger charge is -2.22.